The fourth-order valence-electron chi connectivity index (χ4n) is 1.83. The Bertz CT molecular complexity index is 691. The molecular weight excluding hydrogens is 295 g/mol. The maximum atomic E-state index is 14.3. The van der Waals surface area contributed by atoms with E-state index in [1.54, 1.807) is 0 Å². The van der Waals surface area contributed by atoms with Gasteiger partial charge >= 0.3 is 5.69 Å². The molecule has 4 atom stereocenters. The Morgan fingerprint density at radius 3 is 2.75 bits per heavy atom. The summed E-state index contributed by atoms with van der Waals surface area (Å²) in [5.74, 6) is -3.65. The van der Waals surface area contributed by atoms with Gasteiger partial charge in [0, 0.05) is 11.8 Å². The third kappa shape index (κ3) is 2.30. The van der Waals surface area contributed by atoms with E-state index in [1.165, 1.54) is 0 Å². The van der Waals surface area contributed by atoms with Gasteiger partial charge in [-0.05, 0) is 0 Å². The first-order valence-corrected chi connectivity index (χ1v) is 5.84. The van der Waals surface area contributed by atoms with Crippen LogP contribution in [0.15, 0.2) is 11.0 Å². The van der Waals surface area contributed by atoms with Crippen molar-refractivity contribution in [3.63, 3.8) is 0 Å². The first-order chi connectivity index (χ1) is 10.0. The Balaban J connectivity index is 2.52. The highest BCUT2D eigenvalue weighted by Gasteiger charge is 2.55. The van der Waals surface area contributed by atoms with Crippen LogP contribution in [0.5, 0.6) is 0 Å². The number of alkyl halides is 1. The topological polar surface area (TPSA) is 128 Å². The van der Waals surface area contributed by atoms with Gasteiger partial charge in [0.15, 0.2) is 6.23 Å². The lowest BCUT2D eigenvalue weighted by atomic mass is 10.1. The first-order valence-electron chi connectivity index (χ1n) is 6.43. The number of aromatic nitrogens is 2. The van der Waals surface area contributed by atoms with Crippen molar-refractivity contribution in [2.24, 2.45) is 0 Å². The van der Waals surface area contributed by atoms with E-state index in [-0.39, 0.29) is 10.2 Å². The quantitative estimate of drug-likeness (QED) is 0.421. The molecule has 0 bridgehead atoms. The monoisotopic (exact) mass is 310 g/mol. The summed E-state index contributed by atoms with van der Waals surface area (Å²) in [4.78, 5) is 14.0. The summed E-state index contributed by atoms with van der Waals surface area (Å²) in [5.41, 5.74) is -0.885. The van der Waals surface area contributed by atoms with Gasteiger partial charge in [-0.25, -0.2) is 9.18 Å². The zero-order chi connectivity index (χ0) is 16.9. The second-order valence-electron chi connectivity index (χ2n) is 4.18. The molecule has 0 radical (unpaired) electrons. The van der Waals surface area contributed by atoms with Gasteiger partial charge in [0.05, 0.1) is 9.35 Å². The van der Waals surface area contributed by atoms with Crippen molar-refractivity contribution in [2.45, 2.75) is 30.9 Å². The average molecular weight is 310 g/mol. The van der Waals surface area contributed by atoms with Crippen LogP contribution in [-0.4, -0.2) is 54.6 Å². The highest BCUT2D eigenvalue weighted by molar-refractivity contribution is 7.71. The lowest BCUT2D eigenvalue weighted by Crippen LogP contribution is -2.42. The van der Waals surface area contributed by atoms with Crippen molar-refractivity contribution in [1.29, 1.82) is 0 Å². The van der Waals surface area contributed by atoms with Gasteiger partial charge in [0.25, 0.3) is 5.85 Å². The van der Waals surface area contributed by atoms with Crippen LogP contribution in [0.2, 0.25) is 0 Å². The molecule has 2 rings (SSSR count). The minimum Gasteiger partial charge on any atom is -0.392 e. The van der Waals surface area contributed by atoms with Gasteiger partial charge in [-0.15, -0.1) is 0 Å². The number of hydrogen-bond donors (Lipinski definition) is 5. The number of aliphatic hydroxyl groups is 4. The normalized spacial score (nSPS) is 35.8. The molecule has 1 aromatic heterocycles. The molecule has 1 fully saturated rings. The predicted molar refractivity (Wildman–Crippen MR) is 64.9 cm³/mol. The van der Waals surface area contributed by atoms with Gasteiger partial charge in [0.2, 0.25) is 0 Å². The van der Waals surface area contributed by atoms with E-state index in [0.29, 0.717) is 4.57 Å². The third-order valence-electron chi connectivity index (χ3n) is 2.93. The lowest BCUT2D eigenvalue weighted by Gasteiger charge is -2.20. The van der Waals surface area contributed by atoms with Crippen LogP contribution >= 0.6 is 12.2 Å². The largest absolute Gasteiger partial charge is 0.392 e. The van der Waals surface area contributed by atoms with Gasteiger partial charge in [0.1, 0.15) is 23.4 Å². The second-order valence-corrected chi connectivity index (χ2v) is 4.59. The summed E-state index contributed by atoms with van der Waals surface area (Å²) >= 11 is 4.77. The molecule has 1 aliphatic heterocycles. The van der Waals surface area contributed by atoms with E-state index in [2.05, 4.69) is 9.72 Å². The molecule has 1 aliphatic rings. The molecule has 0 saturated carbocycles. The summed E-state index contributed by atoms with van der Waals surface area (Å²) in [6.45, 7) is -4.20. The smallest absolute Gasteiger partial charge is 0.328 e. The van der Waals surface area contributed by atoms with Crippen molar-refractivity contribution in [3.8, 4) is 0 Å². The molecule has 5 N–H and O–H groups in total. The van der Waals surface area contributed by atoms with Gasteiger partial charge < -0.3 is 25.2 Å². The van der Waals surface area contributed by atoms with Crippen molar-refractivity contribution in [2.75, 3.05) is 6.56 Å². The Hall–Kier alpha value is -1.17. The predicted octanol–water partition coefficient (Wildman–Crippen LogP) is -1.69. The molecule has 8 nitrogen and oxygen atoms in total. The molecule has 10 heteroatoms. The van der Waals surface area contributed by atoms with Crippen molar-refractivity contribution in [3.05, 3.63) is 26.9 Å². The van der Waals surface area contributed by atoms with Crippen molar-refractivity contribution < 1.29 is 32.3 Å². The lowest BCUT2D eigenvalue weighted by molar-refractivity contribution is -0.207. The molecule has 0 aliphatic carbocycles. The van der Waals surface area contributed by atoms with Crippen molar-refractivity contribution >= 4 is 12.2 Å². The molecule has 112 valence electrons. The zero-order valence-corrected chi connectivity index (χ0v) is 10.7. The van der Waals surface area contributed by atoms with E-state index >= 15 is 0 Å². The van der Waals surface area contributed by atoms with E-state index in [9.17, 15) is 19.4 Å². The standard InChI is InChI=1S/C10H13FN2O6S/c11-10(3-15)6(17)5(16)8(19-10)13-1-4(2-14)7(20)12-9(13)18/h1,5-6,8,14-17H,2-3H2,(H,12,18,20)/t5-,6+,8-,10-/m1/s1/i3D2. The molecule has 1 aromatic rings. The van der Waals surface area contributed by atoms with Crippen LogP contribution in [-0.2, 0) is 11.3 Å². The van der Waals surface area contributed by atoms with Crippen LogP contribution in [0.25, 0.3) is 0 Å². The number of nitrogens with zero attached hydrogens (tertiary/aromatic N) is 1. The molecule has 0 aromatic carbocycles. The molecule has 0 amide bonds. The van der Waals surface area contributed by atoms with Gasteiger partial charge in [-0.2, -0.15) is 0 Å². The fraction of sp³-hybridized carbons (Fsp3) is 0.600. The highest BCUT2D eigenvalue weighted by Crippen LogP contribution is 2.37. The summed E-state index contributed by atoms with van der Waals surface area (Å²) < 4.78 is 33.4. The Morgan fingerprint density at radius 2 is 2.25 bits per heavy atom. The Kier molecular flexibility index (Phi) is 3.34. The summed E-state index contributed by atoms with van der Waals surface area (Å²) in [6, 6.07) is 0. The number of ether oxygens (including phenoxy) is 1. The van der Waals surface area contributed by atoms with Crippen LogP contribution in [0.1, 0.15) is 14.5 Å². The van der Waals surface area contributed by atoms with Crippen LogP contribution in [0.4, 0.5) is 4.39 Å². The number of rotatable bonds is 3. The van der Waals surface area contributed by atoms with E-state index in [0.717, 1.165) is 6.20 Å². The number of aromatic amines is 1. The number of hydrogen-bond acceptors (Lipinski definition) is 7. The van der Waals surface area contributed by atoms with E-state index in [1.807, 2.05) is 0 Å². The minimum atomic E-state index is -3.65. The number of nitrogens with one attached hydrogen (secondary N) is 1. The third-order valence-corrected chi connectivity index (χ3v) is 3.29. The summed E-state index contributed by atoms with van der Waals surface area (Å²) in [7, 11) is 0. The van der Waals surface area contributed by atoms with E-state index < -0.39 is 43.1 Å². The number of halogens is 1. The van der Waals surface area contributed by atoms with Crippen LogP contribution in [0.3, 0.4) is 0 Å². The maximum absolute atomic E-state index is 14.3. The molecule has 20 heavy (non-hydrogen) atoms. The first kappa shape index (κ1) is 12.6. The summed E-state index contributed by atoms with van der Waals surface area (Å²) in [6.07, 6.45) is -5.38. The average Bonchev–Trinajstić information content (AvgIpc) is 2.64. The van der Waals surface area contributed by atoms with Gasteiger partial charge in [-0.1, -0.05) is 12.2 Å². The maximum Gasteiger partial charge on any atom is 0.328 e. The summed E-state index contributed by atoms with van der Waals surface area (Å²) in [5, 5.41) is 37.7. The van der Waals surface area contributed by atoms with Gasteiger partial charge in [-0.3, -0.25) is 9.55 Å². The molecule has 0 unspecified atom stereocenters. The number of aliphatic hydroxyl groups excluding tert-OH is 3. The van der Waals surface area contributed by atoms with Crippen molar-refractivity contribution in [1.82, 2.24) is 9.55 Å². The highest BCUT2D eigenvalue weighted by atomic mass is 32.1. The molecule has 0 spiro atoms. The SMILES string of the molecule is [2H]C([2H])(O)[C@@]1(F)O[C@@H](n2cc(CO)c(=S)[nH]c2=O)[C@H](O)[C@@H]1O. The van der Waals surface area contributed by atoms with E-state index in [4.69, 9.17) is 25.2 Å². The Labute approximate surface area is 119 Å². The molecule has 2 heterocycles. The fourth-order valence-corrected chi connectivity index (χ4v) is 2.04. The minimum absolute atomic E-state index is 0.0586. The van der Waals surface area contributed by atoms with Crippen LogP contribution < -0.4 is 5.69 Å². The molecule has 1 saturated heterocycles. The Morgan fingerprint density at radius 1 is 1.60 bits per heavy atom. The zero-order valence-electron chi connectivity index (χ0n) is 11.9. The molecular formula is C10H13FN2O6S. The number of H-pyrrole nitrogens is 1. The second kappa shape index (κ2) is 5.31. The van der Waals surface area contributed by atoms with Crippen LogP contribution in [0, 0.1) is 4.64 Å².